The second-order valence-corrected chi connectivity index (χ2v) is 10.6. The molecule has 1 aromatic carbocycles. The summed E-state index contributed by atoms with van der Waals surface area (Å²) in [5.41, 5.74) is 7.41. The Morgan fingerprint density at radius 1 is 1.18 bits per heavy atom. The second-order valence-electron chi connectivity index (χ2n) is 10.6. The number of nitrogens with one attached hydrogen (secondary N) is 1. The maximum absolute atomic E-state index is 10.2. The third-order valence-corrected chi connectivity index (χ3v) is 6.88. The van der Waals surface area contributed by atoms with E-state index in [0.29, 0.717) is 11.8 Å². The molecular formula is C26H34N6O. The van der Waals surface area contributed by atoms with Crippen molar-refractivity contribution in [3.05, 3.63) is 47.2 Å². The topological polar surface area (TPSA) is 82.3 Å². The van der Waals surface area contributed by atoms with E-state index in [1.807, 2.05) is 20.0 Å². The van der Waals surface area contributed by atoms with Gasteiger partial charge in [-0.05, 0) is 104 Å². The minimum atomic E-state index is -0.636. The van der Waals surface area contributed by atoms with Crippen molar-refractivity contribution in [1.82, 2.24) is 29.9 Å². The molecule has 0 amide bonds. The standard InChI is InChI=1S/C26H34N6O/c1-16(2)23-21-13-19(18-8-10-31(11-9-18)15-26(4,5)33)6-7-22(21)27-24(23)20-12-17(3)25-28-29-30-32(25)14-20/h6-7,12-14,16,18,27,33H,8-11,15H2,1-5H3. The molecule has 3 aromatic heterocycles. The van der Waals surface area contributed by atoms with Crippen LogP contribution in [0.4, 0.5) is 0 Å². The zero-order valence-electron chi connectivity index (χ0n) is 20.3. The molecule has 0 spiro atoms. The molecule has 5 rings (SSSR count). The van der Waals surface area contributed by atoms with Gasteiger partial charge in [0.1, 0.15) is 0 Å². The third kappa shape index (κ3) is 4.27. The molecule has 4 heterocycles. The van der Waals surface area contributed by atoms with Crippen LogP contribution in [0.25, 0.3) is 27.8 Å². The molecule has 1 aliphatic heterocycles. The Labute approximate surface area is 194 Å². The average molecular weight is 447 g/mol. The van der Waals surface area contributed by atoms with Gasteiger partial charge >= 0.3 is 0 Å². The maximum Gasteiger partial charge on any atom is 0.182 e. The van der Waals surface area contributed by atoms with Gasteiger partial charge < -0.3 is 15.0 Å². The van der Waals surface area contributed by atoms with Crippen LogP contribution in [0.5, 0.6) is 0 Å². The molecule has 0 radical (unpaired) electrons. The van der Waals surface area contributed by atoms with Crippen LogP contribution in [0.15, 0.2) is 30.5 Å². The van der Waals surface area contributed by atoms with Gasteiger partial charge in [0.05, 0.1) is 11.3 Å². The number of aromatic amines is 1. The molecule has 4 aromatic rings. The van der Waals surface area contributed by atoms with Crippen LogP contribution in [0.2, 0.25) is 0 Å². The fourth-order valence-electron chi connectivity index (χ4n) is 5.43. The van der Waals surface area contributed by atoms with Crippen molar-refractivity contribution < 1.29 is 5.11 Å². The highest BCUT2D eigenvalue weighted by Crippen LogP contribution is 2.38. The number of aliphatic hydroxyl groups is 1. The fourth-order valence-corrected chi connectivity index (χ4v) is 5.43. The number of benzene rings is 1. The quantitative estimate of drug-likeness (QED) is 0.466. The lowest BCUT2D eigenvalue weighted by Crippen LogP contribution is -2.42. The normalized spacial score (nSPS) is 16.5. The Hall–Kier alpha value is -2.77. The number of fused-ring (bicyclic) bond motifs is 2. The molecule has 7 nitrogen and oxygen atoms in total. The average Bonchev–Trinajstić information content (AvgIpc) is 3.37. The number of pyridine rings is 1. The molecular weight excluding hydrogens is 412 g/mol. The van der Waals surface area contributed by atoms with E-state index in [9.17, 15) is 5.11 Å². The summed E-state index contributed by atoms with van der Waals surface area (Å²) in [5.74, 6) is 0.938. The number of piperidine rings is 1. The largest absolute Gasteiger partial charge is 0.389 e. The molecule has 0 unspecified atom stereocenters. The molecule has 1 saturated heterocycles. The van der Waals surface area contributed by atoms with Gasteiger partial charge in [-0.1, -0.05) is 19.9 Å². The highest BCUT2D eigenvalue weighted by molar-refractivity contribution is 5.92. The van der Waals surface area contributed by atoms with Crippen LogP contribution in [-0.4, -0.2) is 60.3 Å². The maximum atomic E-state index is 10.2. The van der Waals surface area contributed by atoms with Crippen LogP contribution in [0.3, 0.4) is 0 Å². The number of β-amino-alcohol motifs (C(OH)–C–C–N with tert-alkyl or cyclic N) is 1. The lowest BCUT2D eigenvalue weighted by atomic mass is 9.87. The van der Waals surface area contributed by atoms with E-state index in [2.05, 4.69) is 70.4 Å². The van der Waals surface area contributed by atoms with Crippen molar-refractivity contribution in [1.29, 1.82) is 0 Å². The first-order valence-electron chi connectivity index (χ1n) is 12.0. The SMILES string of the molecule is Cc1cc(-c2[nH]c3ccc(C4CCN(CC(C)(C)O)CC4)cc3c2C(C)C)cn2nnnc12. The Morgan fingerprint density at radius 2 is 1.94 bits per heavy atom. The van der Waals surface area contributed by atoms with E-state index < -0.39 is 5.60 Å². The molecule has 2 N–H and O–H groups in total. The molecule has 0 saturated carbocycles. The molecule has 1 aliphatic rings. The van der Waals surface area contributed by atoms with Gasteiger partial charge in [0, 0.05) is 29.2 Å². The number of hydrogen-bond donors (Lipinski definition) is 2. The van der Waals surface area contributed by atoms with Gasteiger partial charge in [-0.15, -0.1) is 5.10 Å². The summed E-state index contributed by atoms with van der Waals surface area (Å²) in [4.78, 5) is 6.08. The Bertz CT molecular complexity index is 1290. The van der Waals surface area contributed by atoms with Gasteiger partial charge in [-0.2, -0.15) is 4.52 Å². The zero-order valence-corrected chi connectivity index (χ0v) is 20.3. The summed E-state index contributed by atoms with van der Waals surface area (Å²) in [6, 6.07) is 9.11. The number of aryl methyl sites for hydroxylation is 1. The van der Waals surface area contributed by atoms with Crippen molar-refractivity contribution in [2.24, 2.45) is 0 Å². The monoisotopic (exact) mass is 446 g/mol. The summed E-state index contributed by atoms with van der Waals surface area (Å²) in [6.07, 6.45) is 4.27. The molecule has 7 heteroatoms. The van der Waals surface area contributed by atoms with Gasteiger partial charge in [-0.3, -0.25) is 0 Å². The van der Waals surface area contributed by atoms with Crippen LogP contribution < -0.4 is 0 Å². The minimum absolute atomic E-state index is 0.377. The van der Waals surface area contributed by atoms with E-state index in [0.717, 1.165) is 54.9 Å². The van der Waals surface area contributed by atoms with E-state index in [4.69, 9.17) is 0 Å². The highest BCUT2D eigenvalue weighted by atomic mass is 16.3. The van der Waals surface area contributed by atoms with Crippen LogP contribution >= 0.6 is 0 Å². The first-order chi connectivity index (χ1) is 15.7. The summed E-state index contributed by atoms with van der Waals surface area (Å²) < 4.78 is 1.76. The summed E-state index contributed by atoms with van der Waals surface area (Å²) in [7, 11) is 0. The number of H-pyrrole nitrogens is 1. The van der Waals surface area contributed by atoms with Gasteiger partial charge in [0.25, 0.3) is 0 Å². The van der Waals surface area contributed by atoms with Crippen LogP contribution in [-0.2, 0) is 0 Å². The molecule has 0 atom stereocenters. The molecule has 33 heavy (non-hydrogen) atoms. The van der Waals surface area contributed by atoms with Gasteiger partial charge in [0.2, 0.25) is 0 Å². The number of nitrogens with zero attached hydrogens (tertiary/aromatic N) is 5. The van der Waals surface area contributed by atoms with Crippen molar-refractivity contribution in [2.75, 3.05) is 19.6 Å². The predicted octanol–water partition coefficient (Wildman–Crippen LogP) is 4.65. The predicted molar refractivity (Wildman–Crippen MR) is 132 cm³/mol. The summed E-state index contributed by atoms with van der Waals surface area (Å²) in [5, 5.41) is 23.5. The smallest absolute Gasteiger partial charge is 0.182 e. The van der Waals surface area contributed by atoms with E-state index in [-0.39, 0.29) is 0 Å². The number of tetrazole rings is 1. The van der Waals surface area contributed by atoms with Gasteiger partial charge in [-0.25, -0.2) is 0 Å². The number of likely N-dealkylation sites (tertiary alicyclic amines) is 1. The Balaban J connectivity index is 1.49. The first-order valence-corrected chi connectivity index (χ1v) is 12.0. The Morgan fingerprint density at radius 3 is 2.64 bits per heavy atom. The van der Waals surface area contributed by atoms with Crippen molar-refractivity contribution in [3.63, 3.8) is 0 Å². The molecule has 0 aliphatic carbocycles. The zero-order chi connectivity index (χ0) is 23.3. The molecule has 1 fully saturated rings. The third-order valence-electron chi connectivity index (χ3n) is 6.88. The lowest BCUT2D eigenvalue weighted by Gasteiger charge is -2.35. The molecule has 0 bridgehead atoms. The summed E-state index contributed by atoms with van der Waals surface area (Å²) in [6.45, 7) is 13.2. The van der Waals surface area contributed by atoms with Crippen LogP contribution in [0.1, 0.15) is 69.1 Å². The van der Waals surface area contributed by atoms with Crippen molar-refractivity contribution >= 4 is 16.6 Å². The second kappa shape index (κ2) is 8.22. The van der Waals surface area contributed by atoms with E-state index in [1.54, 1.807) is 4.52 Å². The van der Waals surface area contributed by atoms with Crippen LogP contribution in [0, 0.1) is 6.92 Å². The number of aromatic nitrogens is 5. The highest BCUT2D eigenvalue weighted by Gasteiger charge is 2.26. The van der Waals surface area contributed by atoms with Crippen molar-refractivity contribution in [3.8, 4) is 11.3 Å². The molecule has 174 valence electrons. The van der Waals surface area contributed by atoms with Gasteiger partial charge in [0.15, 0.2) is 5.65 Å². The van der Waals surface area contributed by atoms with E-state index in [1.165, 1.54) is 22.0 Å². The fraction of sp³-hybridized carbons (Fsp3) is 0.500. The minimum Gasteiger partial charge on any atom is -0.389 e. The summed E-state index contributed by atoms with van der Waals surface area (Å²) >= 11 is 0. The number of rotatable bonds is 5. The van der Waals surface area contributed by atoms with Crippen molar-refractivity contribution in [2.45, 2.75) is 64.9 Å². The Kier molecular flexibility index (Phi) is 5.49. The first kappa shape index (κ1) is 22.0. The lowest BCUT2D eigenvalue weighted by molar-refractivity contribution is 0.0282. The number of hydrogen-bond acceptors (Lipinski definition) is 5. The van der Waals surface area contributed by atoms with E-state index >= 15 is 0 Å².